The van der Waals surface area contributed by atoms with E-state index in [4.69, 9.17) is 4.74 Å². The van der Waals surface area contributed by atoms with Crippen LogP contribution in [0.25, 0.3) is 11.1 Å². The van der Waals surface area contributed by atoms with Gasteiger partial charge in [-0.15, -0.1) is 0 Å². The monoisotopic (exact) mass is 709 g/mol. The molecule has 11 nitrogen and oxygen atoms in total. The van der Waals surface area contributed by atoms with Crippen molar-refractivity contribution in [3.63, 3.8) is 0 Å². The molecule has 282 valence electrons. The van der Waals surface area contributed by atoms with Crippen molar-refractivity contribution in [3.8, 4) is 11.1 Å². The zero-order valence-corrected chi connectivity index (χ0v) is 31.5. The van der Waals surface area contributed by atoms with Crippen LogP contribution in [0.1, 0.15) is 111 Å². The van der Waals surface area contributed by atoms with E-state index in [9.17, 15) is 34.2 Å². The van der Waals surface area contributed by atoms with Crippen LogP contribution in [0.4, 0.5) is 4.79 Å². The van der Waals surface area contributed by atoms with Crippen LogP contribution in [0.5, 0.6) is 0 Å². The highest BCUT2D eigenvalue weighted by Gasteiger charge is 2.31. The van der Waals surface area contributed by atoms with Gasteiger partial charge in [-0.05, 0) is 69.2 Å². The van der Waals surface area contributed by atoms with Crippen molar-refractivity contribution in [2.45, 2.75) is 137 Å². The van der Waals surface area contributed by atoms with Gasteiger partial charge in [0.15, 0.2) is 5.78 Å². The lowest BCUT2D eigenvalue weighted by molar-refractivity contribution is -0.143. The van der Waals surface area contributed by atoms with E-state index < -0.39 is 59.4 Å². The van der Waals surface area contributed by atoms with Crippen molar-refractivity contribution >= 4 is 29.7 Å². The molecule has 3 amide bonds. The normalized spacial score (nSPS) is 13.7. The molecule has 0 heterocycles. The summed E-state index contributed by atoms with van der Waals surface area (Å²) in [6.07, 6.45) is 3.67. The first-order valence-corrected chi connectivity index (χ1v) is 18.2. The summed E-state index contributed by atoms with van der Waals surface area (Å²) in [6, 6.07) is 14.0. The Morgan fingerprint density at radius 2 is 1.39 bits per heavy atom. The first kappa shape index (κ1) is 42.9. The zero-order chi connectivity index (χ0) is 38.1. The van der Waals surface area contributed by atoms with Crippen molar-refractivity contribution in [2.24, 2.45) is 5.92 Å². The van der Waals surface area contributed by atoms with E-state index >= 15 is 0 Å². The van der Waals surface area contributed by atoms with Crippen molar-refractivity contribution < 1.29 is 38.9 Å². The van der Waals surface area contributed by atoms with E-state index in [1.165, 1.54) is 24.3 Å². The zero-order valence-electron chi connectivity index (χ0n) is 31.5. The van der Waals surface area contributed by atoms with Crippen LogP contribution in [0.3, 0.4) is 0 Å². The van der Waals surface area contributed by atoms with Crippen molar-refractivity contribution in [3.05, 3.63) is 59.7 Å². The minimum atomic E-state index is -1.30. The fourth-order valence-corrected chi connectivity index (χ4v) is 5.47. The smallest absolute Gasteiger partial charge is 0.410 e. The summed E-state index contributed by atoms with van der Waals surface area (Å²) in [6.45, 7) is 12.5. The number of nitrogens with one attached hydrogen (secondary N) is 2. The molecule has 4 N–H and O–H groups in total. The van der Waals surface area contributed by atoms with Gasteiger partial charge in [-0.2, -0.15) is 0 Å². The Bertz CT molecular complexity index is 1420. The molecule has 4 atom stereocenters. The summed E-state index contributed by atoms with van der Waals surface area (Å²) in [5.41, 5.74) is 3.51. The summed E-state index contributed by atoms with van der Waals surface area (Å²) in [4.78, 5) is 65.2. The van der Waals surface area contributed by atoms with E-state index in [0.29, 0.717) is 6.42 Å². The van der Waals surface area contributed by atoms with Crippen LogP contribution < -0.4 is 10.6 Å². The van der Waals surface area contributed by atoms with Crippen LogP contribution in [0.2, 0.25) is 0 Å². The maximum Gasteiger partial charge on any atom is 0.410 e. The Labute approximate surface area is 303 Å². The third-order valence-electron chi connectivity index (χ3n) is 8.51. The lowest BCUT2D eigenvalue weighted by Crippen LogP contribution is -2.50. The first-order chi connectivity index (χ1) is 24.0. The molecule has 0 spiro atoms. The number of Topliss-reactive ketones (excluding diaryl/α,β-unsaturated/α-hetero) is 1. The molecule has 0 radical (unpaired) electrons. The number of aliphatic hydroxyl groups excluding tert-OH is 1. The number of hydrogen-bond donors (Lipinski definition) is 4. The van der Waals surface area contributed by atoms with Crippen LogP contribution in [0, 0.1) is 5.92 Å². The molecule has 0 saturated heterocycles. The molecule has 0 fully saturated rings. The second-order valence-corrected chi connectivity index (χ2v) is 14.4. The summed E-state index contributed by atoms with van der Waals surface area (Å²) >= 11 is 0. The van der Waals surface area contributed by atoms with Crippen molar-refractivity contribution in [1.29, 1.82) is 0 Å². The molecule has 51 heavy (non-hydrogen) atoms. The number of carbonyl (C=O) groups is 5. The molecular formula is C40H59N3O8. The Morgan fingerprint density at radius 3 is 1.90 bits per heavy atom. The van der Waals surface area contributed by atoms with Crippen molar-refractivity contribution in [1.82, 2.24) is 15.5 Å². The van der Waals surface area contributed by atoms with Crippen LogP contribution in [-0.2, 0) is 36.9 Å². The fraction of sp³-hybridized carbons (Fsp3) is 0.575. The predicted molar refractivity (Wildman–Crippen MR) is 198 cm³/mol. The van der Waals surface area contributed by atoms with Crippen LogP contribution in [-0.4, -0.2) is 75.1 Å². The lowest BCUT2D eigenvalue weighted by atomic mass is 9.96. The average molecular weight is 710 g/mol. The highest BCUT2D eigenvalue weighted by molar-refractivity contribution is 5.93. The molecule has 0 saturated carbocycles. The first-order valence-electron chi connectivity index (χ1n) is 18.2. The molecule has 0 aliphatic heterocycles. The molecule has 0 unspecified atom stereocenters. The van der Waals surface area contributed by atoms with E-state index in [1.807, 2.05) is 31.2 Å². The third kappa shape index (κ3) is 15.7. The Hall–Kier alpha value is -4.25. The number of unbranched alkanes of at least 4 members (excludes halogenated alkanes) is 3. The number of benzene rings is 2. The maximum absolute atomic E-state index is 13.2. The van der Waals surface area contributed by atoms with Crippen molar-refractivity contribution in [2.75, 3.05) is 6.54 Å². The third-order valence-corrected chi connectivity index (χ3v) is 8.51. The predicted octanol–water partition coefficient (Wildman–Crippen LogP) is 6.43. The number of nitrogens with zero attached hydrogens (tertiary/aromatic N) is 1. The maximum atomic E-state index is 13.2. The number of carboxylic acids is 1. The number of aryl methyl sites for hydroxylation is 1. The van der Waals surface area contributed by atoms with Gasteiger partial charge >= 0.3 is 12.1 Å². The number of aliphatic carboxylic acids is 1. The van der Waals surface area contributed by atoms with E-state index in [0.717, 1.165) is 48.8 Å². The molecule has 0 aliphatic carbocycles. The average Bonchev–Trinajstić information content (AvgIpc) is 3.07. The van der Waals surface area contributed by atoms with E-state index in [-0.39, 0.29) is 32.4 Å². The van der Waals surface area contributed by atoms with Gasteiger partial charge in [0.1, 0.15) is 17.7 Å². The van der Waals surface area contributed by atoms with Crippen LogP contribution in [0.15, 0.2) is 48.5 Å². The number of amides is 3. The lowest BCUT2D eigenvalue weighted by Gasteiger charge is -2.28. The quantitative estimate of drug-likeness (QED) is 0.108. The summed E-state index contributed by atoms with van der Waals surface area (Å²) in [7, 11) is 0. The Morgan fingerprint density at radius 1 is 0.824 bits per heavy atom. The number of aliphatic hydroxyl groups is 1. The van der Waals surface area contributed by atoms with Gasteiger partial charge in [-0.3, -0.25) is 14.4 Å². The largest absolute Gasteiger partial charge is 0.480 e. The van der Waals surface area contributed by atoms with Crippen LogP contribution >= 0.6 is 0 Å². The second-order valence-electron chi connectivity index (χ2n) is 14.4. The number of hydrogen-bond acceptors (Lipinski definition) is 7. The SMILES string of the molecule is CCCCC[C@H](NC(=O)[C@H](C)CC(=O)[C@@H](NC(=O)CCN(Cc1ccc(-c2ccc(CCCC)cc2)cc1)C(=O)OC(C)(C)C)[C@@H](C)O)C(=O)O. The number of ether oxygens (including phenoxy) is 1. The molecule has 11 heteroatoms. The highest BCUT2D eigenvalue weighted by Crippen LogP contribution is 2.22. The van der Waals surface area contributed by atoms with E-state index in [1.54, 1.807) is 20.8 Å². The number of rotatable bonds is 21. The molecule has 2 rings (SSSR count). The topological polar surface area (TPSA) is 162 Å². The Balaban J connectivity index is 2.06. The molecule has 0 aromatic heterocycles. The summed E-state index contributed by atoms with van der Waals surface area (Å²) in [5.74, 6) is -3.77. The van der Waals surface area contributed by atoms with Gasteiger partial charge in [0.05, 0.1) is 6.10 Å². The number of ketones is 1. The molecule has 2 aromatic rings. The van der Waals surface area contributed by atoms with E-state index in [2.05, 4.69) is 41.8 Å². The Kier molecular flexibility index (Phi) is 17.8. The van der Waals surface area contributed by atoms with Gasteiger partial charge in [0, 0.05) is 31.8 Å². The minimum Gasteiger partial charge on any atom is -0.480 e. The van der Waals surface area contributed by atoms with Gasteiger partial charge in [0.25, 0.3) is 0 Å². The molecule has 2 aromatic carbocycles. The summed E-state index contributed by atoms with van der Waals surface area (Å²) in [5, 5.41) is 24.9. The summed E-state index contributed by atoms with van der Waals surface area (Å²) < 4.78 is 5.62. The van der Waals surface area contributed by atoms with Gasteiger partial charge in [-0.25, -0.2) is 9.59 Å². The standard InChI is InChI=1S/C40H59N3O8/c1-8-10-12-14-33(38(48)49)41-37(47)27(3)25-34(45)36(28(4)44)42-35(46)23-24-43(39(50)51-40(5,6)7)26-30-17-21-32(22-18-30)31-19-15-29(16-20-31)13-11-9-2/h15-22,27-28,33,36,44H,8-14,23-26H2,1-7H3,(H,41,47)(H,42,46)(H,48,49)/t27-,28-,33+,36+/m1/s1. The number of carbonyl (C=O) groups excluding carboxylic acids is 4. The van der Waals surface area contributed by atoms with Gasteiger partial charge in [-0.1, -0.05) is 95.0 Å². The van der Waals surface area contributed by atoms with Gasteiger partial charge in [0.2, 0.25) is 11.8 Å². The second kappa shape index (κ2) is 21.2. The van der Waals surface area contributed by atoms with Gasteiger partial charge < -0.3 is 30.5 Å². The molecule has 0 aliphatic rings. The fourth-order valence-electron chi connectivity index (χ4n) is 5.47. The molecular weight excluding hydrogens is 650 g/mol. The number of carboxylic acid groups (broad SMARTS) is 1. The highest BCUT2D eigenvalue weighted by atomic mass is 16.6. The molecule has 0 bridgehead atoms. The minimum absolute atomic E-state index is 0.0180.